The summed E-state index contributed by atoms with van der Waals surface area (Å²) >= 11 is 0. The highest BCUT2D eigenvalue weighted by Gasteiger charge is 2.20. The van der Waals surface area contributed by atoms with Crippen LogP contribution in [0, 0.1) is 0 Å². The molecule has 2 aromatic carbocycles. The Morgan fingerprint density at radius 2 is 1.86 bits per heavy atom. The average Bonchev–Trinajstić information content (AvgIpc) is 2.54. The van der Waals surface area contributed by atoms with Crippen molar-refractivity contribution in [3.8, 4) is 5.75 Å². The Kier molecular flexibility index (Phi) is 5.35. The molecule has 0 saturated carbocycles. The van der Waals surface area contributed by atoms with Crippen molar-refractivity contribution >= 4 is 10.0 Å². The summed E-state index contributed by atoms with van der Waals surface area (Å²) in [5, 5.41) is 0. The van der Waals surface area contributed by atoms with Crippen molar-refractivity contribution < 1.29 is 13.2 Å². The lowest BCUT2D eigenvalue weighted by Gasteiger charge is -2.17. The first-order valence-electron chi connectivity index (χ1n) is 6.88. The predicted octanol–water partition coefficient (Wildman–Crippen LogP) is 3.07. The molecule has 0 aliphatic carbocycles. The number of sulfonamides is 1. The van der Waals surface area contributed by atoms with Gasteiger partial charge in [0.05, 0.1) is 4.90 Å². The summed E-state index contributed by atoms with van der Waals surface area (Å²) in [7, 11) is -1.92. The first-order chi connectivity index (χ1) is 10.5. The normalized spacial score (nSPS) is 11.4. The summed E-state index contributed by atoms with van der Waals surface area (Å²) in [6.45, 7) is 4.30. The third-order valence-electron chi connectivity index (χ3n) is 3.12. The molecule has 0 unspecified atom stereocenters. The van der Waals surface area contributed by atoms with Gasteiger partial charge in [0, 0.05) is 13.6 Å². The van der Waals surface area contributed by atoms with Gasteiger partial charge in [-0.15, -0.1) is 0 Å². The van der Waals surface area contributed by atoms with E-state index in [9.17, 15) is 8.42 Å². The maximum Gasteiger partial charge on any atom is 0.243 e. The van der Waals surface area contributed by atoms with Crippen LogP contribution in [0.4, 0.5) is 0 Å². The second kappa shape index (κ2) is 7.24. The van der Waals surface area contributed by atoms with Crippen LogP contribution in [0.15, 0.2) is 72.1 Å². The Hall–Kier alpha value is -2.11. The minimum absolute atomic E-state index is 0.280. The summed E-state index contributed by atoms with van der Waals surface area (Å²) in [6, 6.07) is 15.8. The number of ether oxygens (including phenoxy) is 1. The van der Waals surface area contributed by atoms with Crippen molar-refractivity contribution in [2.24, 2.45) is 0 Å². The number of hydrogen-bond acceptors (Lipinski definition) is 3. The molecule has 0 saturated heterocycles. The van der Waals surface area contributed by atoms with Crippen LogP contribution in [-0.4, -0.2) is 26.4 Å². The van der Waals surface area contributed by atoms with Gasteiger partial charge >= 0.3 is 0 Å². The van der Waals surface area contributed by atoms with E-state index in [-0.39, 0.29) is 11.4 Å². The molecule has 22 heavy (non-hydrogen) atoms. The van der Waals surface area contributed by atoms with Crippen molar-refractivity contribution in [2.75, 3.05) is 13.7 Å². The van der Waals surface area contributed by atoms with E-state index in [0.29, 0.717) is 12.4 Å². The molecule has 0 spiro atoms. The minimum atomic E-state index is -3.49. The smallest absolute Gasteiger partial charge is 0.243 e. The lowest BCUT2D eigenvalue weighted by atomic mass is 10.2. The van der Waals surface area contributed by atoms with E-state index in [1.54, 1.807) is 43.5 Å². The van der Waals surface area contributed by atoms with Crippen LogP contribution in [0.5, 0.6) is 5.75 Å². The molecule has 0 aliphatic heterocycles. The molecule has 0 bridgehead atoms. The van der Waals surface area contributed by atoms with Gasteiger partial charge in [0.1, 0.15) is 12.4 Å². The molecule has 4 nitrogen and oxygen atoms in total. The topological polar surface area (TPSA) is 46.6 Å². The zero-order valence-electron chi connectivity index (χ0n) is 12.5. The van der Waals surface area contributed by atoms with Crippen LogP contribution >= 0.6 is 0 Å². The number of rotatable bonds is 7. The van der Waals surface area contributed by atoms with Gasteiger partial charge in [0.2, 0.25) is 10.0 Å². The molecule has 0 aromatic heterocycles. The molecule has 0 heterocycles. The van der Waals surface area contributed by atoms with E-state index in [2.05, 4.69) is 6.58 Å². The molecule has 0 fully saturated rings. The highest BCUT2D eigenvalue weighted by Crippen LogP contribution is 2.19. The second-order valence-electron chi connectivity index (χ2n) is 4.82. The first-order valence-corrected chi connectivity index (χ1v) is 8.32. The Balaban J connectivity index is 2.15. The zero-order valence-corrected chi connectivity index (χ0v) is 13.3. The molecule has 116 valence electrons. The summed E-state index contributed by atoms with van der Waals surface area (Å²) in [4.78, 5) is 0.288. The Morgan fingerprint density at radius 1 is 1.14 bits per heavy atom. The highest BCUT2D eigenvalue weighted by molar-refractivity contribution is 7.89. The third-order valence-corrected chi connectivity index (χ3v) is 4.94. The van der Waals surface area contributed by atoms with Crippen LogP contribution < -0.4 is 4.74 Å². The van der Waals surface area contributed by atoms with Crippen molar-refractivity contribution in [3.63, 3.8) is 0 Å². The molecular formula is C17H19NO3S. The Bertz CT molecular complexity index is 727. The van der Waals surface area contributed by atoms with Crippen LogP contribution in [0.1, 0.15) is 5.56 Å². The molecular weight excluding hydrogens is 298 g/mol. The van der Waals surface area contributed by atoms with Gasteiger partial charge in [-0.05, 0) is 29.8 Å². The molecule has 5 heteroatoms. The van der Waals surface area contributed by atoms with Crippen molar-refractivity contribution in [2.45, 2.75) is 11.4 Å². The largest absolute Gasteiger partial charge is 0.490 e. The molecule has 0 N–H and O–H groups in total. The van der Waals surface area contributed by atoms with E-state index in [1.165, 1.54) is 4.31 Å². The van der Waals surface area contributed by atoms with Gasteiger partial charge in [-0.2, -0.15) is 4.31 Å². The predicted molar refractivity (Wildman–Crippen MR) is 87.2 cm³/mol. The molecule has 0 radical (unpaired) electrons. The number of hydrogen-bond donors (Lipinski definition) is 0. The van der Waals surface area contributed by atoms with Crippen LogP contribution in [0.2, 0.25) is 0 Å². The molecule has 0 aliphatic rings. The molecule has 2 rings (SSSR count). The lowest BCUT2D eigenvalue weighted by Crippen LogP contribution is -2.26. The standard InChI is InChI=1S/C17H19NO3S/c1-3-12-21-16-9-7-8-15(13-16)14-18(2)22(19,20)17-10-5-4-6-11-17/h3-11,13H,1,12,14H2,2H3. The number of nitrogens with zero attached hydrogens (tertiary/aromatic N) is 1. The van der Waals surface area contributed by atoms with E-state index < -0.39 is 10.0 Å². The van der Waals surface area contributed by atoms with Crippen molar-refractivity contribution in [1.82, 2.24) is 4.31 Å². The highest BCUT2D eigenvalue weighted by atomic mass is 32.2. The zero-order chi connectivity index (χ0) is 16.0. The summed E-state index contributed by atoms with van der Waals surface area (Å²) in [5.41, 5.74) is 0.864. The average molecular weight is 317 g/mol. The fraction of sp³-hybridized carbons (Fsp3) is 0.176. The van der Waals surface area contributed by atoms with Gasteiger partial charge in [-0.3, -0.25) is 0 Å². The van der Waals surface area contributed by atoms with E-state index in [0.717, 1.165) is 5.56 Å². The summed E-state index contributed by atoms with van der Waals surface area (Å²) in [6.07, 6.45) is 1.67. The fourth-order valence-electron chi connectivity index (χ4n) is 2.00. The van der Waals surface area contributed by atoms with E-state index in [4.69, 9.17) is 4.74 Å². The minimum Gasteiger partial charge on any atom is -0.490 e. The van der Waals surface area contributed by atoms with E-state index >= 15 is 0 Å². The fourth-order valence-corrected chi connectivity index (χ4v) is 3.18. The third kappa shape index (κ3) is 3.96. The van der Waals surface area contributed by atoms with Crippen molar-refractivity contribution in [1.29, 1.82) is 0 Å². The number of benzene rings is 2. The van der Waals surface area contributed by atoms with Gasteiger partial charge in [-0.25, -0.2) is 8.42 Å². The summed E-state index contributed by atoms with van der Waals surface area (Å²) < 4.78 is 31.7. The Morgan fingerprint density at radius 3 is 2.55 bits per heavy atom. The summed E-state index contributed by atoms with van der Waals surface area (Å²) in [5.74, 6) is 0.697. The van der Waals surface area contributed by atoms with Crippen LogP contribution in [-0.2, 0) is 16.6 Å². The quantitative estimate of drug-likeness (QED) is 0.737. The maximum atomic E-state index is 12.5. The van der Waals surface area contributed by atoms with Gasteiger partial charge in [-0.1, -0.05) is 43.0 Å². The van der Waals surface area contributed by atoms with Gasteiger partial charge in [0.15, 0.2) is 0 Å². The van der Waals surface area contributed by atoms with E-state index in [1.807, 2.05) is 24.3 Å². The molecule has 0 amide bonds. The molecule has 2 aromatic rings. The van der Waals surface area contributed by atoms with Gasteiger partial charge in [0.25, 0.3) is 0 Å². The SMILES string of the molecule is C=CCOc1cccc(CN(C)S(=O)(=O)c2ccccc2)c1. The maximum absolute atomic E-state index is 12.5. The van der Waals surface area contributed by atoms with Gasteiger partial charge < -0.3 is 4.74 Å². The lowest BCUT2D eigenvalue weighted by molar-refractivity contribution is 0.362. The molecule has 0 atom stereocenters. The second-order valence-corrected chi connectivity index (χ2v) is 6.87. The van der Waals surface area contributed by atoms with Crippen LogP contribution in [0.25, 0.3) is 0 Å². The van der Waals surface area contributed by atoms with Crippen molar-refractivity contribution in [3.05, 3.63) is 72.8 Å². The monoisotopic (exact) mass is 317 g/mol. The Labute approximate surface area is 131 Å². The first kappa shape index (κ1) is 16.3. The van der Waals surface area contributed by atoms with Crippen LogP contribution in [0.3, 0.4) is 0 Å².